The summed E-state index contributed by atoms with van der Waals surface area (Å²) in [7, 11) is 2.13. The molecule has 3 aromatic rings. The highest BCUT2D eigenvalue weighted by Gasteiger charge is 2.21. The lowest BCUT2D eigenvalue weighted by Gasteiger charge is -2.36. The zero-order chi connectivity index (χ0) is 23.4. The van der Waals surface area contributed by atoms with E-state index >= 15 is 0 Å². The van der Waals surface area contributed by atoms with Crippen LogP contribution in [-0.2, 0) is 6.42 Å². The van der Waals surface area contributed by atoms with Crippen molar-refractivity contribution in [3.05, 3.63) is 48.0 Å². The van der Waals surface area contributed by atoms with Crippen LogP contribution >= 0.6 is 11.5 Å². The maximum atomic E-state index is 12.6. The van der Waals surface area contributed by atoms with Crippen molar-refractivity contribution in [1.82, 2.24) is 19.2 Å². The van der Waals surface area contributed by atoms with E-state index < -0.39 is 6.61 Å². The van der Waals surface area contributed by atoms with Crippen LogP contribution in [0.4, 0.5) is 13.9 Å². The van der Waals surface area contributed by atoms with Gasteiger partial charge in [0, 0.05) is 55.7 Å². The van der Waals surface area contributed by atoms with Crippen molar-refractivity contribution in [3.8, 4) is 17.1 Å². The number of piperazine rings is 1. The summed E-state index contributed by atoms with van der Waals surface area (Å²) < 4.78 is 39.1. The molecule has 8 nitrogen and oxygen atoms in total. The predicted molar refractivity (Wildman–Crippen MR) is 121 cm³/mol. The van der Waals surface area contributed by atoms with Crippen LogP contribution in [0.5, 0.6) is 5.75 Å². The first-order chi connectivity index (χ1) is 15.9. The number of carbonyl (C=O) groups is 1. The molecule has 1 fully saturated rings. The van der Waals surface area contributed by atoms with Crippen molar-refractivity contribution in [2.45, 2.75) is 26.0 Å². The molecule has 1 N–H and O–H groups in total. The Morgan fingerprint density at radius 3 is 2.82 bits per heavy atom. The van der Waals surface area contributed by atoms with E-state index in [1.807, 2.05) is 0 Å². The molecule has 11 heteroatoms. The highest BCUT2D eigenvalue weighted by molar-refractivity contribution is 7.09. The number of nitrogens with one attached hydrogen (secondary N) is 1. The molecule has 2 aromatic heterocycles. The largest absolute Gasteiger partial charge is 0.464 e. The fourth-order valence-corrected chi connectivity index (χ4v) is 4.24. The van der Waals surface area contributed by atoms with Gasteiger partial charge in [0.2, 0.25) is 5.13 Å². The number of carbonyl (C=O) groups excluding carboxylic acids is 1. The second-order valence-electron chi connectivity index (χ2n) is 7.97. The maximum absolute atomic E-state index is 12.6. The summed E-state index contributed by atoms with van der Waals surface area (Å²) in [6.45, 7) is 3.38. The number of ether oxygens (including phenoxy) is 1. The van der Waals surface area contributed by atoms with Crippen molar-refractivity contribution < 1.29 is 22.7 Å². The van der Waals surface area contributed by atoms with Crippen molar-refractivity contribution in [3.63, 3.8) is 0 Å². The molecule has 4 rings (SSSR count). The van der Waals surface area contributed by atoms with Gasteiger partial charge < -0.3 is 14.1 Å². The number of amides is 1. The van der Waals surface area contributed by atoms with Gasteiger partial charge in [-0.15, -0.1) is 0 Å². The van der Waals surface area contributed by atoms with E-state index in [1.54, 1.807) is 12.1 Å². The normalized spacial score (nSPS) is 16.2. The third kappa shape index (κ3) is 6.12. The van der Waals surface area contributed by atoms with E-state index in [4.69, 9.17) is 4.42 Å². The summed E-state index contributed by atoms with van der Waals surface area (Å²) in [5, 5.41) is 3.15. The first-order valence-electron chi connectivity index (χ1n) is 10.6. The smallest absolute Gasteiger partial charge is 0.387 e. The number of hydrogen-bond donors (Lipinski definition) is 1. The van der Waals surface area contributed by atoms with E-state index in [9.17, 15) is 13.6 Å². The average molecular weight is 478 g/mol. The molecule has 33 heavy (non-hydrogen) atoms. The lowest BCUT2D eigenvalue weighted by Crippen LogP contribution is -2.48. The molecule has 0 saturated carbocycles. The zero-order valence-electron chi connectivity index (χ0n) is 18.3. The van der Waals surface area contributed by atoms with Crippen molar-refractivity contribution in [1.29, 1.82) is 0 Å². The molecule has 0 aliphatic carbocycles. The molecule has 3 heterocycles. The summed E-state index contributed by atoms with van der Waals surface area (Å²) in [5.74, 6) is 0.682. The van der Waals surface area contributed by atoms with Crippen LogP contribution in [0.25, 0.3) is 11.3 Å². The van der Waals surface area contributed by atoms with Gasteiger partial charge in [0.05, 0.1) is 5.56 Å². The Hall–Kier alpha value is -2.89. The quantitative estimate of drug-likeness (QED) is 0.528. The van der Waals surface area contributed by atoms with Gasteiger partial charge in [-0.25, -0.2) is 4.98 Å². The first-order valence-corrected chi connectivity index (χ1v) is 11.3. The molecular formula is C22H25F2N5O3S. The van der Waals surface area contributed by atoms with Gasteiger partial charge in [-0.05, 0) is 32.2 Å². The van der Waals surface area contributed by atoms with Crippen LogP contribution in [-0.4, -0.2) is 70.9 Å². The second kappa shape index (κ2) is 10.4. The van der Waals surface area contributed by atoms with Gasteiger partial charge in [-0.2, -0.15) is 13.2 Å². The minimum absolute atomic E-state index is 0.0112. The predicted octanol–water partition coefficient (Wildman–Crippen LogP) is 3.83. The fourth-order valence-electron chi connectivity index (χ4n) is 3.65. The monoisotopic (exact) mass is 477 g/mol. The van der Waals surface area contributed by atoms with E-state index in [-0.39, 0.29) is 17.2 Å². The minimum Gasteiger partial charge on any atom is -0.464 e. The Bertz CT molecular complexity index is 1080. The summed E-state index contributed by atoms with van der Waals surface area (Å²) >= 11 is 1.13. The van der Waals surface area contributed by atoms with Crippen LogP contribution in [0, 0.1) is 0 Å². The summed E-state index contributed by atoms with van der Waals surface area (Å²) in [6, 6.07) is 7.94. The first kappa shape index (κ1) is 23.3. The van der Waals surface area contributed by atoms with E-state index in [0.717, 1.165) is 37.7 Å². The SMILES string of the molecule is CC(Cc1nsc(NC(=O)c2coc(-c3cccc(OC(F)F)c3)c2)n1)N1CCN(C)CC1. The second-order valence-corrected chi connectivity index (χ2v) is 8.72. The molecule has 1 atom stereocenters. The number of likely N-dealkylation sites (N-methyl/N-ethyl adjacent to an activating group) is 1. The average Bonchev–Trinajstić information content (AvgIpc) is 3.44. The highest BCUT2D eigenvalue weighted by atomic mass is 32.1. The number of rotatable bonds is 8. The van der Waals surface area contributed by atoms with Crippen LogP contribution < -0.4 is 10.1 Å². The molecule has 0 bridgehead atoms. The number of nitrogens with zero attached hydrogens (tertiary/aromatic N) is 4. The van der Waals surface area contributed by atoms with Gasteiger partial charge in [0.1, 0.15) is 23.6 Å². The lowest BCUT2D eigenvalue weighted by atomic mass is 10.1. The van der Waals surface area contributed by atoms with Crippen LogP contribution in [0.15, 0.2) is 41.0 Å². The Labute approximate surface area is 194 Å². The highest BCUT2D eigenvalue weighted by Crippen LogP contribution is 2.27. The summed E-state index contributed by atoms with van der Waals surface area (Å²) in [6.07, 6.45) is 2.02. The maximum Gasteiger partial charge on any atom is 0.387 e. The van der Waals surface area contributed by atoms with Gasteiger partial charge in [-0.3, -0.25) is 15.0 Å². The molecule has 1 aliphatic rings. The Kier molecular flexibility index (Phi) is 7.31. The number of alkyl halides is 2. The van der Waals surface area contributed by atoms with Gasteiger partial charge in [0.15, 0.2) is 0 Å². The molecule has 0 spiro atoms. The molecular weight excluding hydrogens is 452 g/mol. The molecule has 0 radical (unpaired) electrons. The van der Waals surface area contributed by atoms with Crippen LogP contribution in [0.3, 0.4) is 0 Å². The number of anilines is 1. The van der Waals surface area contributed by atoms with Gasteiger partial charge >= 0.3 is 6.61 Å². The van der Waals surface area contributed by atoms with Crippen LogP contribution in [0.1, 0.15) is 23.1 Å². The van der Waals surface area contributed by atoms with E-state index in [0.29, 0.717) is 34.7 Å². The molecule has 1 amide bonds. The molecule has 1 unspecified atom stereocenters. The lowest BCUT2D eigenvalue weighted by molar-refractivity contribution is -0.0498. The Morgan fingerprint density at radius 2 is 2.06 bits per heavy atom. The van der Waals surface area contributed by atoms with Crippen molar-refractivity contribution >= 4 is 22.6 Å². The Morgan fingerprint density at radius 1 is 1.27 bits per heavy atom. The van der Waals surface area contributed by atoms with Crippen molar-refractivity contribution in [2.24, 2.45) is 0 Å². The number of halogens is 2. The molecule has 1 aliphatic heterocycles. The molecule has 1 saturated heterocycles. The summed E-state index contributed by atoms with van der Waals surface area (Å²) in [4.78, 5) is 21.8. The van der Waals surface area contributed by atoms with E-state index in [2.05, 4.69) is 43.2 Å². The molecule has 1 aromatic carbocycles. The van der Waals surface area contributed by atoms with Gasteiger partial charge in [0.25, 0.3) is 5.91 Å². The number of furan rings is 1. The third-order valence-corrected chi connectivity index (χ3v) is 6.20. The Balaban J connectivity index is 1.35. The number of benzene rings is 1. The summed E-state index contributed by atoms with van der Waals surface area (Å²) in [5.41, 5.74) is 0.802. The third-order valence-electron chi connectivity index (χ3n) is 5.53. The van der Waals surface area contributed by atoms with Gasteiger partial charge in [-0.1, -0.05) is 12.1 Å². The topological polar surface area (TPSA) is 83.7 Å². The standard InChI is InChI=1S/C22H25F2N5O3S/c1-14(29-8-6-28(2)7-9-29)10-19-25-22(33-27-19)26-20(30)16-12-18(31-13-16)15-4-3-5-17(11-15)32-21(23)24/h3-5,11-14,21H,6-10H2,1-2H3,(H,25,26,27,30). The molecule has 176 valence electrons. The fraction of sp³-hybridized carbons (Fsp3) is 0.409. The van der Waals surface area contributed by atoms with Crippen LogP contribution in [0.2, 0.25) is 0 Å². The minimum atomic E-state index is -2.92. The zero-order valence-corrected chi connectivity index (χ0v) is 19.1. The number of hydrogen-bond acceptors (Lipinski definition) is 8. The van der Waals surface area contributed by atoms with E-state index in [1.165, 1.54) is 24.5 Å². The number of aromatic nitrogens is 2. The van der Waals surface area contributed by atoms with Crippen molar-refractivity contribution in [2.75, 3.05) is 38.5 Å².